The van der Waals surface area contributed by atoms with E-state index in [0.717, 1.165) is 13.1 Å². The van der Waals surface area contributed by atoms with Gasteiger partial charge in [-0.15, -0.1) is 11.3 Å². The Morgan fingerprint density at radius 3 is 2.50 bits per heavy atom. The lowest BCUT2D eigenvalue weighted by atomic mass is 10.0. The highest BCUT2D eigenvalue weighted by molar-refractivity contribution is 7.15. The van der Waals surface area contributed by atoms with Gasteiger partial charge in [0.1, 0.15) is 0 Å². The summed E-state index contributed by atoms with van der Waals surface area (Å²) in [4.78, 5) is 10.4. The topological polar surface area (TPSA) is 45.4 Å². The number of likely N-dealkylation sites (N-methyl/N-ethyl adjacent to an activating group) is 1. The minimum absolute atomic E-state index is 0.170. The fourth-order valence-corrected chi connectivity index (χ4v) is 3.54. The van der Waals surface area contributed by atoms with E-state index in [0.29, 0.717) is 5.13 Å². The van der Waals surface area contributed by atoms with Gasteiger partial charge in [-0.25, -0.2) is 4.98 Å². The number of aromatic nitrogens is 1. The zero-order valence-electron chi connectivity index (χ0n) is 13.1. The Morgan fingerprint density at radius 1 is 1.30 bits per heavy atom. The molecule has 4 nitrogen and oxygen atoms in total. The van der Waals surface area contributed by atoms with Crippen LogP contribution in [0.5, 0.6) is 0 Å². The van der Waals surface area contributed by atoms with Gasteiger partial charge in [0.05, 0.1) is 0 Å². The molecule has 0 atom stereocenters. The summed E-state index contributed by atoms with van der Waals surface area (Å²) in [6, 6.07) is 0. The summed E-state index contributed by atoms with van der Waals surface area (Å²) in [6.45, 7) is 9.24. The molecule has 1 aromatic rings. The molecule has 2 heterocycles. The molecule has 2 N–H and O–H groups in total. The van der Waals surface area contributed by atoms with Gasteiger partial charge in [-0.3, -0.25) is 4.90 Å². The van der Waals surface area contributed by atoms with Crippen molar-refractivity contribution >= 4 is 16.5 Å². The van der Waals surface area contributed by atoms with Gasteiger partial charge in [-0.2, -0.15) is 0 Å². The average molecular weight is 296 g/mol. The summed E-state index contributed by atoms with van der Waals surface area (Å²) >= 11 is 1.59. The fourth-order valence-electron chi connectivity index (χ4n) is 2.81. The highest BCUT2D eigenvalue weighted by Crippen LogP contribution is 2.22. The van der Waals surface area contributed by atoms with Crippen molar-refractivity contribution in [2.24, 2.45) is 0 Å². The fraction of sp³-hybridized carbons (Fsp3) is 0.800. The van der Waals surface area contributed by atoms with Gasteiger partial charge in [0.2, 0.25) is 0 Å². The summed E-state index contributed by atoms with van der Waals surface area (Å²) in [7, 11) is 2.20. The van der Waals surface area contributed by atoms with Gasteiger partial charge in [-0.05, 0) is 46.8 Å². The van der Waals surface area contributed by atoms with Crippen LogP contribution < -0.4 is 5.73 Å². The first-order valence-electron chi connectivity index (χ1n) is 7.61. The number of anilines is 1. The van der Waals surface area contributed by atoms with Crippen LogP contribution >= 0.6 is 11.3 Å². The molecule has 0 unspecified atom stereocenters. The molecule has 1 aliphatic rings. The Balaban J connectivity index is 1.90. The predicted molar refractivity (Wildman–Crippen MR) is 87.0 cm³/mol. The van der Waals surface area contributed by atoms with Crippen LogP contribution in [0, 0.1) is 0 Å². The van der Waals surface area contributed by atoms with Crippen LogP contribution in [0.2, 0.25) is 0 Å². The van der Waals surface area contributed by atoms with E-state index in [4.69, 9.17) is 5.73 Å². The molecule has 0 saturated carbocycles. The second kappa shape index (κ2) is 6.87. The first-order valence-corrected chi connectivity index (χ1v) is 8.43. The maximum atomic E-state index is 5.71. The molecule has 5 heteroatoms. The lowest BCUT2D eigenvalue weighted by Gasteiger charge is -2.39. The van der Waals surface area contributed by atoms with E-state index >= 15 is 0 Å². The molecular formula is C15H28N4S. The van der Waals surface area contributed by atoms with Crippen LogP contribution in [0.3, 0.4) is 0 Å². The summed E-state index contributed by atoms with van der Waals surface area (Å²) in [5, 5.41) is 0.665. The molecule has 1 aromatic heterocycles. The first-order chi connectivity index (χ1) is 9.47. The molecule has 0 amide bonds. The molecule has 0 bridgehead atoms. The molecule has 0 radical (unpaired) electrons. The van der Waals surface area contributed by atoms with E-state index in [-0.39, 0.29) is 5.54 Å². The minimum atomic E-state index is 0.170. The van der Waals surface area contributed by atoms with Gasteiger partial charge in [0, 0.05) is 29.7 Å². The van der Waals surface area contributed by atoms with Crippen LogP contribution in [-0.2, 0) is 6.54 Å². The third-order valence-electron chi connectivity index (χ3n) is 4.31. The zero-order valence-corrected chi connectivity index (χ0v) is 13.9. The highest BCUT2D eigenvalue weighted by atomic mass is 32.1. The van der Waals surface area contributed by atoms with Crippen LogP contribution in [-0.4, -0.2) is 47.0 Å². The molecular weight excluding hydrogens is 268 g/mol. The van der Waals surface area contributed by atoms with Crippen molar-refractivity contribution in [2.45, 2.75) is 51.6 Å². The van der Waals surface area contributed by atoms with Crippen molar-refractivity contribution < 1.29 is 0 Å². The van der Waals surface area contributed by atoms with E-state index in [1.165, 1.54) is 43.6 Å². The Bertz CT molecular complexity index is 408. The number of nitrogens with two attached hydrogens (primary N) is 1. The third-order valence-corrected chi connectivity index (χ3v) is 5.12. The predicted octanol–water partition coefficient (Wildman–Crippen LogP) is 2.81. The third kappa shape index (κ3) is 4.43. The van der Waals surface area contributed by atoms with E-state index < -0.39 is 0 Å². The van der Waals surface area contributed by atoms with Crippen LogP contribution in [0.4, 0.5) is 5.13 Å². The summed E-state index contributed by atoms with van der Waals surface area (Å²) in [6.07, 6.45) is 7.40. The van der Waals surface area contributed by atoms with Gasteiger partial charge >= 0.3 is 0 Å². The number of thiazole rings is 1. The van der Waals surface area contributed by atoms with E-state index in [9.17, 15) is 0 Å². The summed E-state index contributed by atoms with van der Waals surface area (Å²) < 4.78 is 0. The number of nitrogens with zero attached hydrogens (tertiary/aromatic N) is 3. The van der Waals surface area contributed by atoms with Crippen molar-refractivity contribution in [1.29, 1.82) is 0 Å². The first kappa shape index (κ1) is 15.7. The van der Waals surface area contributed by atoms with Gasteiger partial charge < -0.3 is 10.6 Å². The van der Waals surface area contributed by atoms with Gasteiger partial charge in [0.25, 0.3) is 0 Å². The van der Waals surface area contributed by atoms with E-state index in [2.05, 4.69) is 35.7 Å². The SMILES string of the molecule is CN(Cc1cnc(N)s1)C(C)(C)CN1CCCCCC1. The van der Waals surface area contributed by atoms with Crippen LogP contribution in [0.15, 0.2) is 6.20 Å². The lowest BCUT2D eigenvalue weighted by molar-refractivity contribution is 0.0932. The van der Waals surface area contributed by atoms with Crippen molar-refractivity contribution in [3.63, 3.8) is 0 Å². The van der Waals surface area contributed by atoms with Crippen molar-refractivity contribution in [2.75, 3.05) is 32.4 Å². The summed E-state index contributed by atoms with van der Waals surface area (Å²) in [5.74, 6) is 0. The summed E-state index contributed by atoms with van der Waals surface area (Å²) in [5.41, 5.74) is 5.88. The van der Waals surface area contributed by atoms with Crippen molar-refractivity contribution in [3.05, 3.63) is 11.1 Å². The Labute approximate surface area is 127 Å². The molecule has 0 aromatic carbocycles. The standard InChI is InChI=1S/C15H28N4S/c1-15(2,12-19-8-6-4-5-7-9-19)18(3)11-13-10-17-14(16)20-13/h10H,4-9,11-12H2,1-3H3,(H2,16,17). The molecule has 0 aliphatic carbocycles. The maximum absolute atomic E-state index is 5.71. The van der Waals surface area contributed by atoms with Crippen LogP contribution in [0.25, 0.3) is 0 Å². The van der Waals surface area contributed by atoms with E-state index in [1.54, 1.807) is 11.3 Å². The lowest BCUT2D eigenvalue weighted by Crippen LogP contribution is -2.49. The molecule has 1 fully saturated rings. The Hall–Kier alpha value is -0.650. The highest BCUT2D eigenvalue weighted by Gasteiger charge is 2.27. The second-order valence-corrected chi connectivity index (χ2v) is 7.67. The Morgan fingerprint density at radius 2 is 1.95 bits per heavy atom. The molecule has 20 heavy (non-hydrogen) atoms. The van der Waals surface area contributed by atoms with Crippen molar-refractivity contribution in [1.82, 2.24) is 14.8 Å². The number of nitrogen functional groups attached to an aromatic ring is 1. The van der Waals surface area contributed by atoms with Crippen molar-refractivity contribution in [3.8, 4) is 0 Å². The van der Waals surface area contributed by atoms with Gasteiger partial charge in [0.15, 0.2) is 5.13 Å². The minimum Gasteiger partial charge on any atom is -0.375 e. The number of likely N-dealkylation sites (tertiary alicyclic amines) is 1. The molecule has 0 spiro atoms. The monoisotopic (exact) mass is 296 g/mol. The Kier molecular flexibility index (Phi) is 5.41. The number of hydrogen-bond donors (Lipinski definition) is 1. The average Bonchev–Trinajstić information content (AvgIpc) is 2.63. The largest absolute Gasteiger partial charge is 0.375 e. The van der Waals surface area contributed by atoms with E-state index in [1.807, 2.05) is 6.20 Å². The van der Waals surface area contributed by atoms with Gasteiger partial charge in [-0.1, -0.05) is 12.8 Å². The number of rotatable bonds is 5. The molecule has 1 saturated heterocycles. The smallest absolute Gasteiger partial charge is 0.180 e. The quantitative estimate of drug-likeness (QED) is 0.907. The molecule has 114 valence electrons. The zero-order chi connectivity index (χ0) is 14.6. The van der Waals surface area contributed by atoms with Crippen LogP contribution in [0.1, 0.15) is 44.4 Å². The molecule has 2 rings (SSSR count). The second-order valence-electron chi connectivity index (χ2n) is 6.52. The maximum Gasteiger partial charge on any atom is 0.180 e. The molecule has 1 aliphatic heterocycles. The normalized spacial score (nSPS) is 18.4. The number of hydrogen-bond acceptors (Lipinski definition) is 5.